The number of aliphatic hydroxyl groups excluding tert-OH is 2. The van der Waals surface area contributed by atoms with Gasteiger partial charge in [-0.05, 0) is 89.9 Å². The van der Waals surface area contributed by atoms with Crippen LogP contribution in [0.1, 0.15) is 309 Å². The first-order valence-electron chi connectivity index (χ1n) is 29.9. The Morgan fingerprint density at radius 3 is 1.16 bits per heavy atom. The van der Waals surface area contributed by atoms with Crippen LogP contribution >= 0.6 is 0 Å². The molecule has 0 saturated carbocycles. The van der Waals surface area contributed by atoms with Crippen LogP contribution in [0.5, 0.6) is 0 Å². The number of hydrogen-bond acceptors (Lipinski definition) is 5. The Hall–Kier alpha value is -2.18. The van der Waals surface area contributed by atoms with Gasteiger partial charge in [-0.1, -0.05) is 255 Å². The van der Waals surface area contributed by atoms with Crippen molar-refractivity contribution in [3.05, 3.63) is 48.6 Å². The molecule has 0 rings (SSSR count). The van der Waals surface area contributed by atoms with Gasteiger partial charge in [0, 0.05) is 12.8 Å². The summed E-state index contributed by atoms with van der Waals surface area (Å²) in [5.74, 6) is -0.0764. The predicted octanol–water partition coefficient (Wildman–Crippen LogP) is 18.6. The van der Waals surface area contributed by atoms with E-state index in [0.717, 1.165) is 51.4 Å². The summed E-state index contributed by atoms with van der Waals surface area (Å²) in [5, 5.41) is 23.1. The van der Waals surface area contributed by atoms with Gasteiger partial charge in [0.1, 0.15) is 0 Å². The summed E-state index contributed by atoms with van der Waals surface area (Å²) >= 11 is 0. The molecule has 2 unspecified atom stereocenters. The normalized spacial score (nSPS) is 12.9. The van der Waals surface area contributed by atoms with E-state index in [0.29, 0.717) is 19.4 Å². The van der Waals surface area contributed by atoms with Crippen LogP contribution in [-0.2, 0) is 14.3 Å². The third kappa shape index (κ3) is 53.2. The number of unbranched alkanes of at least 4 members (excludes halogenated alkanes) is 38. The average Bonchev–Trinajstić information content (AvgIpc) is 3.34. The molecule has 1 amide bonds. The Labute approximate surface area is 423 Å². The molecule has 0 aromatic heterocycles. The Morgan fingerprint density at radius 2 is 0.735 bits per heavy atom. The number of esters is 1. The Balaban J connectivity index is 3.47. The molecule has 0 heterocycles. The SMILES string of the molecule is CCCCC/C=C\CCCCCCCC(=O)OCCCCCCCCCCC/C=C\C/C=C\CCCCCCCCCCCC(=O)NC(CO)C(O)/C=C/CCCCCCCCCCCCCC. The summed E-state index contributed by atoms with van der Waals surface area (Å²) in [4.78, 5) is 24.4. The van der Waals surface area contributed by atoms with Crippen LogP contribution in [-0.4, -0.2) is 47.4 Å². The molecular weight excluding hydrogens is 839 g/mol. The molecule has 2 atom stereocenters. The minimum absolute atomic E-state index is 0.00210. The molecule has 0 aromatic carbocycles. The zero-order valence-corrected chi connectivity index (χ0v) is 45.3. The van der Waals surface area contributed by atoms with Crippen molar-refractivity contribution in [3.8, 4) is 0 Å². The number of carbonyl (C=O) groups is 2. The maximum absolute atomic E-state index is 12.4. The van der Waals surface area contributed by atoms with E-state index in [4.69, 9.17) is 4.74 Å². The second kappa shape index (κ2) is 57.4. The zero-order valence-electron chi connectivity index (χ0n) is 45.3. The van der Waals surface area contributed by atoms with Crippen LogP contribution < -0.4 is 5.32 Å². The van der Waals surface area contributed by atoms with Crippen molar-refractivity contribution >= 4 is 11.9 Å². The van der Waals surface area contributed by atoms with E-state index in [2.05, 4.69) is 55.6 Å². The number of aliphatic hydroxyl groups is 2. The molecule has 0 aromatic rings. The quantitative estimate of drug-likeness (QED) is 0.0321. The van der Waals surface area contributed by atoms with Gasteiger partial charge in [0.25, 0.3) is 0 Å². The fraction of sp³-hybridized carbons (Fsp3) is 0.839. The van der Waals surface area contributed by atoms with Gasteiger partial charge in [-0.25, -0.2) is 0 Å². The number of carbonyl (C=O) groups excluding carboxylic acids is 2. The summed E-state index contributed by atoms with van der Waals surface area (Å²) < 4.78 is 5.46. The van der Waals surface area contributed by atoms with Gasteiger partial charge in [-0.3, -0.25) is 9.59 Å². The van der Waals surface area contributed by atoms with Crippen molar-refractivity contribution in [2.75, 3.05) is 13.2 Å². The number of rotatable bonds is 55. The first-order valence-corrected chi connectivity index (χ1v) is 29.9. The molecule has 0 aliphatic carbocycles. The van der Waals surface area contributed by atoms with Crippen LogP contribution in [0.25, 0.3) is 0 Å². The summed E-state index contributed by atoms with van der Waals surface area (Å²) in [5.41, 5.74) is 0. The zero-order chi connectivity index (χ0) is 49.3. The average molecular weight is 955 g/mol. The van der Waals surface area contributed by atoms with Gasteiger partial charge >= 0.3 is 5.97 Å². The lowest BCUT2D eigenvalue weighted by Crippen LogP contribution is -2.45. The van der Waals surface area contributed by atoms with E-state index in [1.54, 1.807) is 6.08 Å². The van der Waals surface area contributed by atoms with Gasteiger partial charge in [0.15, 0.2) is 0 Å². The lowest BCUT2D eigenvalue weighted by molar-refractivity contribution is -0.143. The van der Waals surface area contributed by atoms with E-state index in [1.807, 2.05) is 6.08 Å². The fourth-order valence-corrected chi connectivity index (χ4v) is 8.95. The molecule has 0 saturated heterocycles. The lowest BCUT2D eigenvalue weighted by Gasteiger charge is -2.20. The van der Waals surface area contributed by atoms with Gasteiger partial charge in [0.2, 0.25) is 5.91 Å². The summed E-state index contributed by atoms with van der Waals surface area (Å²) in [6, 6.07) is -0.633. The third-order valence-corrected chi connectivity index (χ3v) is 13.6. The maximum Gasteiger partial charge on any atom is 0.305 e. The van der Waals surface area contributed by atoms with E-state index in [1.165, 1.54) is 231 Å². The van der Waals surface area contributed by atoms with Crippen LogP contribution in [0.4, 0.5) is 0 Å². The fourth-order valence-electron chi connectivity index (χ4n) is 8.95. The highest BCUT2D eigenvalue weighted by molar-refractivity contribution is 5.76. The van der Waals surface area contributed by atoms with Crippen LogP contribution in [0.2, 0.25) is 0 Å². The maximum atomic E-state index is 12.4. The highest BCUT2D eigenvalue weighted by Gasteiger charge is 2.18. The molecule has 398 valence electrons. The van der Waals surface area contributed by atoms with Crippen molar-refractivity contribution < 1.29 is 24.5 Å². The molecule has 0 aliphatic heterocycles. The molecule has 3 N–H and O–H groups in total. The van der Waals surface area contributed by atoms with Gasteiger partial charge < -0.3 is 20.3 Å². The van der Waals surface area contributed by atoms with Gasteiger partial charge in [0.05, 0.1) is 25.4 Å². The molecule has 0 aliphatic rings. The van der Waals surface area contributed by atoms with E-state index in [9.17, 15) is 19.8 Å². The number of ether oxygens (including phenoxy) is 1. The molecule has 6 heteroatoms. The molecule has 6 nitrogen and oxygen atoms in total. The molecule has 0 radical (unpaired) electrons. The van der Waals surface area contributed by atoms with Crippen LogP contribution in [0.15, 0.2) is 48.6 Å². The molecular formula is C62H115NO5. The molecule has 0 bridgehead atoms. The van der Waals surface area contributed by atoms with E-state index >= 15 is 0 Å². The van der Waals surface area contributed by atoms with Crippen molar-refractivity contribution in [2.45, 2.75) is 321 Å². The summed E-state index contributed by atoms with van der Waals surface area (Å²) in [7, 11) is 0. The first kappa shape index (κ1) is 65.8. The Morgan fingerprint density at radius 1 is 0.412 bits per heavy atom. The van der Waals surface area contributed by atoms with E-state index in [-0.39, 0.29) is 18.5 Å². The topological polar surface area (TPSA) is 95.9 Å². The Bertz CT molecular complexity index is 1150. The van der Waals surface area contributed by atoms with Crippen molar-refractivity contribution in [3.63, 3.8) is 0 Å². The van der Waals surface area contributed by atoms with Crippen molar-refractivity contribution in [1.82, 2.24) is 5.32 Å². The van der Waals surface area contributed by atoms with Crippen LogP contribution in [0.3, 0.4) is 0 Å². The Kier molecular flexibility index (Phi) is 55.6. The lowest BCUT2D eigenvalue weighted by atomic mass is 10.0. The minimum Gasteiger partial charge on any atom is -0.466 e. The number of nitrogens with one attached hydrogen (secondary N) is 1. The van der Waals surface area contributed by atoms with Crippen molar-refractivity contribution in [1.29, 1.82) is 0 Å². The monoisotopic (exact) mass is 954 g/mol. The number of amides is 1. The summed E-state index contributed by atoms with van der Waals surface area (Å²) in [6.45, 7) is 4.87. The molecule has 0 spiro atoms. The van der Waals surface area contributed by atoms with Gasteiger partial charge in [-0.2, -0.15) is 0 Å². The predicted molar refractivity (Wildman–Crippen MR) is 296 cm³/mol. The van der Waals surface area contributed by atoms with Gasteiger partial charge in [-0.15, -0.1) is 0 Å². The number of allylic oxidation sites excluding steroid dienone is 7. The standard InChI is InChI=1S/C62H115NO5/c1-3-5-7-9-11-13-15-17-31-34-38-42-46-50-54-60(65)59(58-64)63-61(66)55-51-47-43-39-35-32-29-27-25-23-21-19-18-20-22-24-26-28-30-33-37-41-45-49-53-57-68-62(67)56-52-48-44-40-36-16-14-12-10-8-6-4-2/h12,14,19-22,50,54,59-60,64-65H,3-11,13,15-18,23-49,51-53,55-58H2,1-2H3,(H,63,66)/b14-12-,21-19-,22-20-,54-50+. The summed E-state index contributed by atoms with van der Waals surface area (Å²) in [6.07, 6.45) is 72.8. The smallest absolute Gasteiger partial charge is 0.305 e. The minimum atomic E-state index is -0.848. The second-order valence-corrected chi connectivity index (χ2v) is 20.3. The van der Waals surface area contributed by atoms with Crippen molar-refractivity contribution in [2.24, 2.45) is 0 Å². The van der Waals surface area contributed by atoms with Crippen LogP contribution in [0, 0.1) is 0 Å². The first-order chi connectivity index (χ1) is 33.5. The second-order valence-electron chi connectivity index (χ2n) is 20.3. The van der Waals surface area contributed by atoms with E-state index < -0.39 is 12.1 Å². The molecule has 68 heavy (non-hydrogen) atoms. The third-order valence-electron chi connectivity index (χ3n) is 13.6. The number of hydrogen-bond donors (Lipinski definition) is 3. The largest absolute Gasteiger partial charge is 0.466 e. The highest BCUT2D eigenvalue weighted by atomic mass is 16.5. The highest BCUT2D eigenvalue weighted by Crippen LogP contribution is 2.16. The molecule has 0 fully saturated rings.